The summed E-state index contributed by atoms with van der Waals surface area (Å²) >= 11 is 1.52. The molecule has 2 aromatic rings. The number of nitrogens with zero attached hydrogens (tertiary/aromatic N) is 3. The molecule has 1 aliphatic heterocycles. The minimum Gasteiger partial charge on any atom is -0.465 e. The molecule has 0 aliphatic carbocycles. The van der Waals surface area contributed by atoms with Crippen LogP contribution in [-0.4, -0.2) is 54.0 Å². The predicted octanol–water partition coefficient (Wildman–Crippen LogP) is 2.25. The molecule has 1 saturated heterocycles. The SMILES string of the molecule is COC(=O)c1ccc(CN2CCN(Cc3cccnc3)CC2)s1. The number of piperazine rings is 1. The molecule has 1 fully saturated rings. The summed E-state index contributed by atoms with van der Waals surface area (Å²) in [5.74, 6) is -0.248. The van der Waals surface area contributed by atoms with Gasteiger partial charge in [-0.05, 0) is 23.8 Å². The summed E-state index contributed by atoms with van der Waals surface area (Å²) in [6.45, 7) is 6.08. The summed E-state index contributed by atoms with van der Waals surface area (Å²) in [7, 11) is 1.42. The van der Waals surface area contributed by atoms with E-state index in [1.54, 1.807) is 0 Å². The van der Waals surface area contributed by atoms with E-state index in [9.17, 15) is 4.79 Å². The largest absolute Gasteiger partial charge is 0.465 e. The van der Waals surface area contributed by atoms with Crippen LogP contribution in [0.2, 0.25) is 0 Å². The Morgan fingerprint density at radius 3 is 2.57 bits per heavy atom. The first kappa shape index (κ1) is 16.1. The quantitative estimate of drug-likeness (QED) is 0.787. The van der Waals surface area contributed by atoms with Crippen LogP contribution < -0.4 is 0 Å². The van der Waals surface area contributed by atoms with E-state index in [0.717, 1.165) is 39.3 Å². The van der Waals surface area contributed by atoms with Crippen LogP contribution in [0.15, 0.2) is 36.7 Å². The van der Waals surface area contributed by atoms with Crippen LogP contribution in [0.4, 0.5) is 0 Å². The highest BCUT2D eigenvalue weighted by atomic mass is 32.1. The van der Waals surface area contributed by atoms with Gasteiger partial charge in [0.2, 0.25) is 0 Å². The van der Waals surface area contributed by atoms with Crippen molar-refractivity contribution in [2.24, 2.45) is 0 Å². The van der Waals surface area contributed by atoms with Crippen LogP contribution in [0.1, 0.15) is 20.1 Å². The van der Waals surface area contributed by atoms with E-state index >= 15 is 0 Å². The summed E-state index contributed by atoms with van der Waals surface area (Å²) in [5, 5.41) is 0. The molecule has 0 unspecified atom stereocenters. The maximum atomic E-state index is 11.5. The summed E-state index contributed by atoms with van der Waals surface area (Å²) in [5.41, 5.74) is 1.27. The monoisotopic (exact) mass is 331 g/mol. The van der Waals surface area contributed by atoms with Gasteiger partial charge in [-0.1, -0.05) is 6.07 Å². The zero-order chi connectivity index (χ0) is 16.1. The van der Waals surface area contributed by atoms with E-state index in [2.05, 4.69) is 20.9 Å². The molecule has 0 radical (unpaired) electrons. The van der Waals surface area contributed by atoms with Gasteiger partial charge in [-0.2, -0.15) is 0 Å². The molecule has 3 rings (SSSR count). The number of aromatic nitrogens is 1. The van der Waals surface area contributed by atoms with Crippen LogP contribution in [0.3, 0.4) is 0 Å². The Morgan fingerprint density at radius 2 is 1.91 bits per heavy atom. The van der Waals surface area contributed by atoms with Crippen LogP contribution in [0.5, 0.6) is 0 Å². The minimum absolute atomic E-state index is 0.248. The van der Waals surface area contributed by atoms with Crippen molar-refractivity contribution in [2.75, 3.05) is 33.3 Å². The van der Waals surface area contributed by atoms with Gasteiger partial charge in [0.25, 0.3) is 0 Å². The van der Waals surface area contributed by atoms with E-state index in [1.165, 1.54) is 28.9 Å². The Morgan fingerprint density at radius 1 is 1.17 bits per heavy atom. The van der Waals surface area contributed by atoms with Crippen molar-refractivity contribution in [3.05, 3.63) is 52.0 Å². The standard InChI is InChI=1S/C17H21N3O2S/c1-22-17(21)16-5-4-15(23-16)13-20-9-7-19(8-10-20)12-14-3-2-6-18-11-14/h2-6,11H,7-10,12-13H2,1H3. The van der Waals surface area contributed by atoms with Crippen LogP contribution in [0, 0.1) is 0 Å². The Labute approximate surface area is 140 Å². The Kier molecular flexibility index (Phi) is 5.38. The van der Waals surface area contributed by atoms with Crippen molar-refractivity contribution in [1.29, 1.82) is 0 Å². The predicted molar refractivity (Wildman–Crippen MR) is 90.4 cm³/mol. The molecular formula is C17H21N3O2S. The fraction of sp³-hybridized carbons (Fsp3) is 0.412. The molecule has 3 heterocycles. The van der Waals surface area contributed by atoms with Gasteiger partial charge in [0.05, 0.1) is 7.11 Å². The number of pyridine rings is 1. The Hall–Kier alpha value is -1.76. The lowest BCUT2D eigenvalue weighted by Gasteiger charge is -2.34. The van der Waals surface area contributed by atoms with Crippen molar-refractivity contribution in [2.45, 2.75) is 13.1 Å². The number of hydrogen-bond donors (Lipinski definition) is 0. The minimum atomic E-state index is -0.248. The van der Waals surface area contributed by atoms with Gasteiger partial charge in [-0.3, -0.25) is 14.8 Å². The van der Waals surface area contributed by atoms with E-state index < -0.39 is 0 Å². The van der Waals surface area contributed by atoms with Gasteiger partial charge >= 0.3 is 5.97 Å². The second kappa shape index (κ2) is 7.68. The van der Waals surface area contributed by atoms with E-state index in [1.807, 2.05) is 30.6 Å². The van der Waals surface area contributed by atoms with Crippen LogP contribution >= 0.6 is 11.3 Å². The van der Waals surface area contributed by atoms with E-state index in [4.69, 9.17) is 4.74 Å². The van der Waals surface area contributed by atoms with Crippen molar-refractivity contribution >= 4 is 17.3 Å². The Balaban J connectivity index is 1.47. The highest BCUT2D eigenvalue weighted by Gasteiger charge is 2.18. The third kappa shape index (κ3) is 4.37. The maximum Gasteiger partial charge on any atom is 0.348 e. The number of thiophene rings is 1. The highest BCUT2D eigenvalue weighted by Crippen LogP contribution is 2.20. The molecule has 0 spiro atoms. The zero-order valence-corrected chi connectivity index (χ0v) is 14.1. The number of ether oxygens (including phenoxy) is 1. The van der Waals surface area contributed by atoms with Gasteiger partial charge in [-0.25, -0.2) is 4.79 Å². The average Bonchev–Trinajstić information content (AvgIpc) is 3.05. The fourth-order valence-corrected chi connectivity index (χ4v) is 3.72. The molecule has 0 bridgehead atoms. The highest BCUT2D eigenvalue weighted by molar-refractivity contribution is 7.13. The van der Waals surface area contributed by atoms with Crippen LogP contribution in [-0.2, 0) is 17.8 Å². The normalized spacial score (nSPS) is 16.4. The topological polar surface area (TPSA) is 45.7 Å². The summed E-state index contributed by atoms with van der Waals surface area (Å²) < 4.78 is 4.76. The number of methoxy groups -OCH3 is 1. The number of carbonyl (C=O) groups is 1. The first-order valence-electron chi connectivity index (χ1n) is 7.75. The molecule has 122 valence electrons. The molecule has 0 aromatic carbocycles. The van der Waals surface area contributed by atoms with Gasteiger partial charge in [-0.15, -0.1) is 11.3 Å². The van der Waals surface area contributed by atoms with Crippen molar-refractivity contribution in [1.82, 2.24) is 14.8 Å². The first-order valence-corrected chi connectivity index (χ1v) is 8.57. The van der Waals surface area contributed by atoms with E-state index in [0.29, 0.717) is 4.88 Å². The summed E-state index contributed by atoms with van der Waals surface area (Å²) in [4.78, 5) is 22.5. The lowest BCUT2D eigenvalue weighted by molar-refractivity contribution is 0.0606. The van der Waals surface area contributed by atoms with Gasteiger partial charge in [0.1, 0.15) is 4.88 Å². The van der Waals surface area contributed by atoms with Gasteiger partial charge in [0.15, 0.2) is 0 Å². The second-order valence-electron chi connectivity index (χ2n) is 5.67. The van der Waals surface area contributed by atoms with Crippen molar-refractivity contribution < 1.29 is 9.53 Å². The summed E-state index contributed by atoms with van der Waals surface area (Å²) in [6.07, 6.45) is 3.75. The molecule has 1 aliphatic rings. The third-order valence-electron chi connectivity index (χ3n) is 4.02. The average molecular weight is 331 g/mol. The molecule has 0 amide bonds. The molecule has 2 aromatic heterocycles. The summed E-state index contributed by atoms with van der Waals surface area (Å²) in [6, 6.07) is 7.99. The third-order valence-corrected chi connectivity index (χ3v) is 5.07. The lowest BCUT2D eigenvalue weighted by Crippen LogP contribution is -2.45. The number of rotatable bonds is 5. The zero-order valence-electron chi connectivity index (χ0n) is 13.3. The first-order chi connectivity index (χ1) is 11.2. The number of carbonyl (C=O) groups excluding carboxylic acids is 1. The molecule has 0 saturated carbocycles. The van der Waals surface area contributed by atoms with Crippen molar-refractivity contribution in [3.8, 4) is 0 Å². The Bertz CT molecular complexity index is 636. The molecule has 23 heavy (non-hydrogen) atoms. The number of esters is 1. The fourth-order valence-electron chi connectivity index (χ4n) is 2.75. The second-order valence-corrected chi connectivity index (χ2v) is 6.84. The molecule has 5 nitrogen and oxygen atoms in total. The van der Waals surface area contributed by atoms with Gasteiger partial charge in [0, 0.05) is 56.5 Å². The van der Waals surface area contributed by atoms with Crippen molar-refractivity contribution in [3.63, 3.8) is 0 Å². The molecule has 0 N–H and O–H groups in total. The molecule has 6 heteroatoms. The van der Waals surface area contributed by atoms with Gasteiger partial charge < -0.3 is 4.74 Å². The maximum absolute atomic E-state index is 11.5. The number of hydrogen-bond acceptors (Lipinski definition) is 6. The van der Waals surface area contributed by atoms with Crippen LogP contribution in [0.25, 0.3) is 0 Å². The van der Waals surface area contributed by atoms with E-state index in [-0.39, 0.29) is 5.97 Å². The lowest BCUT2D eigenvalue weighted by atomic mass is 10.2. The molecular weight excluding hydrogens is 310 g/mol. The smallest absolute Gasteiger partial charge is 0.348 e. The molecule has 0 atom stereocenters.